The Morgan fingerprint density at radius 1 is 1.13 bits per heavy atom. The molecule has 0 fully saturated rings. The van der Waals surface area contributed by atoms with Gasteiger partial charge in [-0.15, -0.1) is 0 Å². The van der Waals surface area contributed by atoms with Crippen LogP contribution < -0.4 is 15.8 Å². The highest BCUT2D eigenvalue weighted by Crippen LogP contribution is 2.13. The number of carbonyl (C=O) groups is 3. The van der Waals surface area contributed by atoms with E-state index in [0.29, 0.717) is 0 Å². The molecule has 0 aromatic heterocycles. The summed E-state index contributed by atoms with van der Waals surface area (Å²) in [5.41, 5.74) is 4.39. The van der Waals surface area contributed by atoms with E-state index in [1.165, 1.54) is 12.1 Å². The summed E-state index contributed by atoms with van der Waals surface area (Å²) in [6.07, 6.45) is -5.08. The van der Waals surface area contributed by atoms with E-state index in [-0.39, 0.29) is 18.0 Å². The highest BCUT2D eigenvalue weighted by atomic mass is 32.2. The second-order valence-corrected chi connectivity index (χ2v) is 8.55. The maximum Gasteiger partial charge on any atom is 0.490 e. The predicted octanol–water partition coefficient (Wildman–Crippen LogP) is 0.383. The molecule has 1 rings (SSSR count). The number of rotatable bonds is 7. The van der Waals surface area contributed by atoms with Gasteiger partial charge in [0.15, 0.2) is 0 Å². The second kappa shape index (κ2) is 11.6. The predicted molar refractivity (Wildman–Crippen MR) is 102 cm³/mol. The summed E-state index contributed by atoms with van der Waals surface area (Å²) >= 11 is 0. The Labute approximate surface area is 177 Å². The van der Waals surface area contributed by atoms with Gasteiger partial charge in [-0.1, -0.05) is 18.2 Å². The first-order chi connectivity index (χ1) is 14.0. The molecule has 31 heavy (non-hydrogen) atoms. The minimum atomic E-state index is -5.08. The van der Waals surface area contributed by atoms with Crippen LogP contribution in [0, 0.1) is 0 Å². The molecular formula is C17H24F3N3O7S. The number of nitrogens with two attached hydrogens (primary N) is 1. The minimum absolute atomic E-state index is 0.00344. The fourth-order valence-electron chi connectivity index (χ4n) is 1.69. The van der Waals surface area contributed by atoms with E-state index in [1.54, 1.807) is 39.0 Å². The van der Waals surface area contributed by atoms with Crippen LogP contribution in [-0.4, -0.2) is 62.3 Å². The zero-order valence-electron chi connectivity index (χ0n) is 16.9. The second-order valence-electron chi connectivity index (χ2n) is 6.83. The van der Waals surface area contributed by atoms with E-state index in [9.17, 15) is 31.2 Å². The summed E-state index contributed by atoms with van der Waals surface area (Å²) in [5, 5.41) is 9.51. The van der Waals surface area contributed by atoms with Crippen molar-refractivity contribution >= 4 is 27.9 Å². The average molecular weight is 471 g/mol. The number of carboxylic acids is 1. The van der Waals surface area contributed by atoms with Crippen molar-refractivity contribution in [1.82, 2.24) is 10.0 Å². The highest BCUT2D eigenvalue weighted by molar-refractivity contribution is 7.89. The largest absolute Gasteiger partial charge is 0.490 e. The van der Waals surface area contributed by atoms with Gasteiger partial charge in [-0.25, -0.2) is 13.2 Å². The number of hydrogen-bond acceptors (Lipinski definition) is 7. The fraction of sp³-hybridized carbons (Fsp3) is 0.471. The first-order valence-electron chi connectivity index (χ1n) is 8.56. The Kier molecular flexibility index (Phi) is 10.6. The van der Waals surface area contributed by atoms with Crippen molar-refractivity contribution in [2.24, 2.45) is 5.73 Å². The molecule has 0 saturated carbocycles. The Morgan fingerprint density at radius 2 is 1.61 bits per heavy atom. The molecule has 0 radical (unpaired) electrons. The van der Waals surface area contributed by atoms with Crippen LogP contribution >= 0.6 is 0 Å². The van der Waals surface area contributed by atoms with Crippen molar-refractivity contribution in [2.75, 3.05) is 13.1 Å². The van der Waals surface area contributed by atoms with Crippen molar-refractivity contribution in [3.05, 3.63) is 30.3 Å². The topological polar surface area (TPSA) is 165 Å². The number of carboxylic acid groups (broad SMARTS) is 1. The van der Waals surface area contributed by atoms with Crippen molar-refractivity contribution in [3.63, 3.8) is 0 Å². The molecule has 10 nitrogen and oxygen atoms in total. The zero-order valence-corrected chi connectivity index (χ0v) is 17.7. The molecule has 1 aromatic rings. The van der Waals surface area contributed by atoms with Crippen LogP contribution in [-0.2, 0) is 29.1 Å². The maximum absolute atomic E-state index is 12.4. The molecule has 176 valence electrons. The molecule has 1 aromatic carbocycles. The summed E-state index contributed by atoms with van der Waals surface area (Å²) in [4.78, 5) is 32.4. The Balaban J connectivity index is 0.00000110. The summed E-state index contributed by atoms with van der Waals surface area (Å²) in [6.45, 7) is 4.44. The van der Waals surface area contributed by atoms with Gasteiger partial charge in [0.2, 0.25) is 15.9 Å². The van der Waals surface area contributed by atoms with Gasteiger partial charge >= 0.3 is 18.1 Å². The molecule has 14 heteroatoms. The number of amides is 1. The summed E-state index contributed by atoms with van der Waals surface area (Å²) in [5.74, 6) is -4.06. The van der Waals surface area contributed by atoms with Gasteiger partial charge < -0.3 is 20.9 Å². The molecule has 0 aliphatic heterocycles. The number of sulfonamides is 1. The van der Waals surface area contributed by atoms with Gasteiger partial charge in [0, 0.05) is 6.54 Å². The molecule has 0 saturated heterocycles. The Hall–Kier alpha value is -2.71. The van der Waals surface area contributed by atoms with Crippen molar-refractivity contribution in [1.29, 1.82) is 0 Å². The van der Waals surface area contributed by atoms with E-state index < -0.39 is 45.7 Å². The lowest BCUT2D eigenvalue weighted by Crippen LogP contribution is -2.51. The third-order valence-electron chi connectivity index (χ3n) is 2.97. The average Bonchev–Trinajstić information content (AvgIpc) is 2.63. The van der Waals surface area contributed by atoms with Crippen LogP contribution in [0.4, 0.5) is 13.2 Å². The van der Waals surface area contributed by atoms with E-state index in [4.69, 9.17) is 20.4 Å². The van der Waals surface area contributed by atoms with Crippen LogP contribution in [0.1, 0.15) is 20.8 Å². The number of halogens is 3. The number of carbonyl (C=O) groups excluding carboxylic acids is 2. The maximum atomic E-state index is 12.4. The summed E-state index contributed by atoms with van der Waals surface area (Å²) in [6, 6.07) is 6.32. The molecule has 0 spiro atoms. The summed E-state index contributed by atoms with van der Waals surface area (Å²) in [7, 11) is -3.95. The number of esters is 1. The number of hydrogen-bond donors (Lipinski definition) is 4. The summed E-state index contributed by atoms with van der Waals surface area (Å²) < 4.78 is 63.9. The van der Waals surface area contributed by atoms with Gasteiger partial charge in [-0.2, -0.15) is 17.9 Å². The van der Waals surface area contributed by atoms with Gasteiger partial charge in [-0.05, 0) is 32.9 Å². The first kappa shape index (κ1) is 28.3. The van der Waals surface area contributed by atoms with Crippen molar-refractivity contribution < 1.29 is 45.8 Å². The normalized spacial score (nSPS) is 12.7. The zero-order chi connectivity index (χ0) is 24.5. The molecule has 5 N–H and O–H groups in total. The monoisotopic (exact) mass is 471 g/mol. The molecule has 0 heterocycles. The van der Waals surface area contributed by atoms with E-state index in [1.807, 2.05) is 0 Å². The molecule has 0 bridgehead atoms. The molecule has 0 aliphatic carbocycles. The first-order valence-corrected chi connectivity index (χ1v) is 10.0. The highest BCUT2D eigenvalue weighted by Gasteiger charge is 2.38. The lowest BCUT2D eigenvalue weighted by Gasteiger charge is -2.24. The molecular weight excluding hydrogens is 447 g/mol. The lowest BCUT2D eigenvalue weighted by atomic mass is 10.2. The smallest absolute Gasteiger partial charge is 0.475 e. The third kappa shape index (κ3) is 11.9. The Bertz CT molecular complexity index is 854. The van der Waals surface area contributed by atoms with E-state index in [0.717, 1.165) is 0 Å². The van der Waals surface area contributed by atoms with Crippen molar-refractivity contribution in [3.8, 4) is 0 Å². The van der Waals surface area contributed by atoms with Crippen LogP contribution in [0.25, 0.3) is 0 Å². The third-order valence-corrected chi connectivity index (χ3v) is 4.46. The standard InChI is InChI=1S/C15H23N3O5S.C2HF3O2/c1-15(2,3)23-14(20)12(10-17-13(19)9-16)18-24(21,22)11-7-5-4-6-8-11;3-2(4,5)1(6)7/h4-8,12,18H,9-10,16H2,1-3H3,(H,17,19);(H,6,7). The number of aliphatic carboxylic acids is 1. The van der Waals surface area contributed by atoms with Gasteiger partial charge in [-0.3, -0.25) is 9.59 Å². The van der Waals surface area contributed by atoms with Gasteiger partial charge in [0.05, 0.1) is 11.4 Å². The number of benzene rings is 1. The van der Waals surface area contributed by atoms with Crippen LogP contribution in [0.5, 0.6) is 0 Å². The van der Waals surface area contributed by atoms with Gasteiger partial charge in [0.1, 0.15) is 11.6 Å². The van der Waals surface area contributed by atoms with Gasteiger partial charge in [0.25, 0.3) is 0 Å². The van der Waals surface area contributed by atoms with E-state index >= 15 is 0 Å². The molecule has 1 atom stereocenters. The van der Waals surface area contributed by atoms with E-state index in [2.05, 4.69) is 10.0 Å². The van der Waals surface area contributed by atoms with Crippen molar-refractivity contribution in [2.45, 2.75) is 43.5 Å². The van der Waals surface area contributed by atoms with Crippen LogP contribution in [0.2, 0.25) is 0 Å². The quantitative estimate of drug-likeness (QED) is 0.415. The minimum Gasteiger partial charge on any atom is -0.475 e. The molecule has 1 unspecified atom stereocenters. The van der Waals surface area contributed by atoms with Crippen LogP contribution in [0.3, 0.4) is 0 Å². The number of ether oxygens (including phenoxy) is 1. The lowest BCUT2D eigenvalue weighted by molar-refractivity contribution is -0.192. The van der Waals surface area contributed by atoms with Crippen LogP contribution in [0.15, 0.2) is 35.2 Å². The number of alkyl halides is 3. The Morgan fingerprint density at radius 3 is 2.00 bits per heavy atom. The molecule has 1 amide bonds. The SMILES string of the molecule is CC(C)(C)OC(=O)C(CNC(=O)CN)NS(=O)(=O)c1ccccc1.O=C(O)C(F)(F)F. The number of nitrogens with one attached hydrogen (secondary N) is 2. The molecule has 0 aliphatic rings. The fourth-order valence-corrected chi connectivity index (χ4v) is 2.89.